The van der Waals surface area contributed by atoms with Gasteiger partial charge in [-0.25, -0.2) is 0 Å². The maximum Gasteiger partial charge on any atom is 0.226 e. The first-order valence-electron chi connectivity index (χ1n) is 16.6. The van der Waals surface area contributed by atoms with E-state index < -0.39 is 30.2 Å². The third-order valence-electron chi connectivity index (χ3n) is 10.1. The Morgan fingerprint density at radius 1 is 0.609 bits per heavy atom. The molecule has 2 aliphatic carbocycles. The number of fused-ring (bicyclic) bond motifs is 2. The topological polar surface area (TPSA) is 104 Å². The number of hydrogen-bond donors (Lipinski definition) is 3. The van der Waals surface area contributed by atoms with Crippen molar-refractivity contribution in [1.29, 1.82) is 0 Å². The molecule has 6 rings (SSSR count). The number of carbonyl (C=O) groups excluding carboxylic acids is 2. The Kier molecular flexibility index (Phi) is 9.96. The van der Waals surface area contributed by atoms with Crippen LogP contribution in [0.15, 0.2) is 109 Å². The Hall–Kier alpha value is -4.26. The normalized spacial score (nSPS) is 21.3. The molecule has 0 fully saturated rings. The molecule has 0 bridgehead atoms. The van der Waals surface area contributed by atoms with E-state index in [1.807, 2.05) is 89.8 Å². The van der Waals surface area contributed by atoms with Gasteiger partial charge in [0.05, 0.1) is 24.3 Å². The molecule has 6 heteroatoms. The molecule has 4 aromatic rings. The smallest absolute Gasteiger partial charge is 0.226 e. The van der Waals surface area contributed by atoms with Crippen LogP contribution in [0.25, 0.3) is 0 Å². The summed E-state index contributed by atoms with van der Waals surface area (Å²) in [6.45, 7) is 0. The molecule has 2 amide bonds. The van der Waals surface area contributed by atoms with E-state index in [0.717, 1.165) is 39.8 Å². The minimum absolute atomic E-state index is 0.0938. The fourth-order valence-corrected chi connectivity index (χ4v) is 7.63. The molecule has 0 heterocycles. The Balaban J connectivity index is 1.33. The molecule has 2 unspecified atom stereocenters. The van der Waals surface area contributed by atoms with Crippen molar-refractivity contribution in [2.75, 3.05) is 0 Å². The molecule has 0 aliphatic heterocycles. The van der Waals surface area contributed by atoms with Gasteiger partial charge in [0, 0.05) is 24.7 Å². The van der Waals surface area contributed by atoms with Crippen LogP contribution in [-0.4, -0.2) is 39.1 Å². The summed E-state index contributed by atoms with van der Waals surface area (Å²) >= 11 is 0. The summed E-state index contributed by atoms with van der Waals surface area (Å²) in [5.41, 5.74) is 12.1. The van der Waals surface area contributed by atoms with Gasteiger partial charge in [-0.15, -0.1) is 0 Å². The summed E-state index contributed by atoms with van der Waals surface area (Å²) in [6.07, 6.45) is 2.93. The number of hydrogen-bond acceptors (Lipinski definition) is 4. The van der Waals surface area contributed by atoms with E-state index in [1.165, 1.54) is 0 Å². The van der Waals surface area contributed by atoms with E-state index in [1.54, 1.807) is 0 Å². The number of nitrogens with two attached hydrogens (primary N) is 1. The summed E-state index contributed by atoms with van der Waals surface area (Å²) in [4.78, 5) is 29.6. The van der Waals surface area contributed by atoms with Crippen molar-refractivity contribution in [1.82, 2.24) is 4.90 Å². The van der Waals surface area contributed by atoms with E-state index in [4.69, 9.17) is 5.73 Å². The van der Waals surface area contributed by atoms with Crippen LogP contribution in [0.3, 0.4) is 0 Å². The summed E-state index contributed by atoms with van der Waals surface area (Å²) in [5.74, 6) is -1.24. The van der Waals surface area contributed by atoms with E-state index in [9.17, 15) is 15.0 Å². The number of amides is 2. The second-order valence-electron chi connectivity index (χ2n) is 13.0. The van der Waals surface area contributed by atoms with Gasteiger partial charge < -0.3 is 20.8 Å². The molecule has 4 aromatic carbocycles. The molecule has 4 N–H and O–H groups in total. The highest BCUT2D eigenvalue weighted by Gasteiger charge is 2.47. The number of benzene rings is 4. The maximum atomic E-state index is 15.1. The van der Waals surface area contributed by atoms with Crippen LogP contribution in [-0.2, 0) is 35.3 Å². The molecular weight excluding hydrogens is 572 g/mol. The molecule has 0 radical (unpaired) electrons. The fraction of sp³-hybridized carbons (Fsp3) is 0.350. The lowest BCUT2D eigenvalue weighted by molar-refractivity contribution is -0.148. The van der Waals surface area contributed by atoms with Crippen molar-refractivity contribution in [3.8, 4) is 0 Å². The Labute approximate surface area is 271 Å². The average molecular weight is 617 g/mol. The lowest BCUT2D eigenvalue weighted by Gasteiger charge is -2.41. The molecule has 0 aromatic heterocycles. The van der Waals surface area contributed by atoms with Crippen molar-refractivity contribution in [3.63, 3.8) is 0 Å². The number of aliphatic hydroxyl groups is 2. The molecule has 6 atom stereocenters. The van der Waals surface area contributed by atoms with Crippen LogP contribution in [0, 0.1) is 11.8 Å². The van der Waals surface area contributed by atoms with Crippen molar-refractivity contribution < 1.29 is 19.8 Å². The van der Waals surface area contributed by atoms with Crippen LogP contribution in [0.1, 0.15) is 71.1 Å². The molecular formula is C40H44N2O4. The van der Waals surface area contributed by atoms with Crippen molar-refractivity contribution in [2.45, 2.75) is 75.7 Å². The minimum Gasteiger partial charge on any atom is -0.390 e. The monoisotopic (exact) mass is 616 g/mol. The minimum atomic E-state index is -0.791. The maximum absolute atomic E-state index is 15.1. The first-order chi connectivity index (χ1) is 22.4. The SMILES string of the molecule is NC(=O)C(CCc1ccccc1)CCC(CCc1ccccc1)C(=O)N([C@H]1c2ccccc2C[C@H]1O)[C@H]1c2ccccc2C[C@H]1O. The Bertz CT molecular complexity index is 1570. The first kappa shape index (κ1) is 31.7. The molecule has 0 spiro atoms. The predicted molar refractivity (Wildman–Crippen MR) is 180 cm³/mol. The summed E-state index contributed by atoms with van der Waals surface area (Å²) in [5, 5.41) is 23.1. The molecule has 46 heavy (non-hydrogen) atoms. The second-order valence-corrected chi connectivity index (χ2v) is 13.0. The lowest BCUT2D eigenvalue weighted by Crippen LogP contribution is -2.47. The zero-order valence-corrected chi connectivity index (χ0v) is 26.2. The number of aryl methyl sites for hydroxylation is 2. The highest BCUT2D eigenvalue weighted by atomic mass is 16.3. The van der Waals surface area contributed by atoms with E-state index in [2.05, 4.69) is 24.3 Å². The largest absolute Gasteiger partial charge is 0.390 e. The van der Waals surface area contributed by atoms with Gasteiger partial charge in [-0.3, -0.25) is 9.59 Å². The lowest BCUT2D eigenvalue weighted by atomic mass is 9.86. The van der Waals surface area contributed by atoms with Gasteiger partial charge in [-0.1, -0.05) is 109 Å². The Morgan fingerprint density at radius 2 is 1.02 bits per heavy atom. The third kappa shape index (κ3) is 6.93. The first-order valence-corrected chi connectivity index (χ1v) is 16.6. The highest BCUT2D eigenvalue weighted by molar-refractivity contribution is 5.81. The van der Waals surface area contributed by atoms with E-state index in [0.29, 0.717) is 44.9 Å². The zero-order valence-electron chi connectivity index (χ0n) is 26.2. The van der Waals surface area contributed by atoms with Gasteiger partial charge in [0.15, 0.2) is 0 Å². The van der Waals surface area contributed by atoms with Crippen LogP contribution >= 0.6 is 0 Å². The summed E-state index contributed by atoms with van der Waals surface area (Å²) in [7, 11) is 0. The van der Waals surface area contributed by atoms with Crippen LogP contribution < -0.4 is 5.73 Å². The van der Waals surface area contributed by atoms with Gasteiger partial charge in [-0.2, -0.15) is 0 Å². The number of rotatable bonds is 13. The average Bonchev–Trinajstić information content (AvgIpc) is 3.58. The molecule has 0 saturated carbocycles. The van der Waals surface area contributed by atoms with Gasteiger partial charge in [0.2, 0.25) is 11.8 Å². The zero-order chi connectivity index (χ0) is 32.0. The molecule has 238 valence electrons. The van der Waals surface area contributed by atoms with Crippen LogP contribution in [0.5, 0.6) is 0 Å². The molecule has 6 nitrogen and oxygen atoms in total. The van der Waals surface area contributed by atoms with Gasteiger partial charge in [-0.05, 0) is 71.9 Å². The van der Waals surface area contributed by atoms with Gasteiger partial charge in [0.25, 0.3) is 0 Å². The quantitative estimate of drug-likeness (QED) is 0.174. The van der Waals surface area contributed by atoms with Gasteiger partial charge in [0.1, 0.15) is 0 Å². The second kappa shape index (κ2) is 14.4. The number of aliphatic hydroxyl groups excluding tert-OH is 2. The van der Waals surface area contributed by atoms with Crippen molar-refractivity contribution in [2.24, 2.45) is 17.6 Å². The van der Waals surface area contributed by atoms with Crippen molar-refractivity contribution >= 4 is 11.8 Å². The fourth-order valence-electron chi connectivity index (χ4n) is 7.63. The summed E-state index contributed by atoms with van der Waals surface area (Å²) in [6, 6.07) is 34.9. The molecule has 2 aliphatic rings. The number of carbonyl (C=O) groups is 2. The number of primary amides is 1. The van der Waals surface area contributed by atoms with Crippen LogP contribution in [0.2, 0.25) is 0 Å². The van der Waals surface area contributed by atoms with E-state index >= 15 is 4.79 Å². The standard InChI is InChI=1S/C40H44N2O4/c41-39(45)29(21-19-27-11-3-1-4-12-27)23-24-30(22-20-28-13-5-2-6-14-28)40(46)42(37-33-17-9-7-15-31(33)25-35(37)43)38-34-18-10-8-16-32(34)26-36(38)44/h1-18,29-30,35-38,43-44H,19-26H2,(H2,41,45)/t29?,30?,35-,36-,37+,38+/m1/s1. The third-order valence-corrected chi connectivity index (χ3v) is 10.1. The summed E-state index contributed by atoms with van der Waals surface area (Å²) < 4.78 is 0. The Morgan fingerprint density at radius 3 is 1.50 bits per heavy atom. The van der Waals surface area contributed by atoms with Crippen LogP contribution in [0.4, 0.5) is 0 Å². The predicted octanol–water partition coefficient (Wildman–Crippen LogP) is 5.90. The van der Waals surface area contributed by atoms with E-state index in [-0.39, 0.29) is 17.7 Å². The van der Waals surface area contributed by atoms with Crippen molar-refractivity contribution in [3.05, 3.63) is 143 Å². The van der Waals surface area contributed by atoms with Gasteiger partial charge >= 0.3 is 0 Å². The number of nitrogens with zero attached hydrogens (tertiary/aromatic N) is 1. The highest BCUT2D eigenvalue weighted by Crippen LogP contribution is 2.46. The molecule has 0 saturated heterocycles.